The van der Waals surface area contributed by atoms with Gasteiger partial charge in [0.05, 0.1) is 11.7 Å². The molecular weight excluding hydrogens is 326 g/mol. The predicted molar refractivity (Wildman–Crippen MR) is 101 cm³/mol. The number of rotatable bonds is 3. The van der Waals surface area contributed by atoms with E-state index in [1.807, 2.05) is 43.3 Å². The number of aromatic nitrogens is 4. The molecule has 1 fully saturated rings. The largest absolute Gasteiger partial charge is 0.356 e. The maximum atomic E-state index is 12.4. The third kappa shape index (κ3) is 3.35. The molecule has 6 heteroatoms. The Hall–Kier alpha value is -3.02. The summed E-state index contributed by atoms with van der Waals surface area (Å²) < 4.78 is 1.66. The highest BCUT2D eigenvalue weighted by Crippen LogP contribution is 2.24. The fourth-order valence-electron chi connectivity index (χ4n) is 3.41. The van der Waals surface area contributed by atoms with Crippen molar-refractivity contribution in [3.63, 3.8) is 0 Å². The quantitative estimate of drug-likeness (QED) is 0.729. The van der Waals surface area contributed by atoms with Gasteiger partial charge in [-0.25, -0.2) is 14.6 Å². The molecule has 6 nitrogen and oxygen atoms in total. The van der Waals surface area contributed by atoms with E-state index in [2.05, 4.69) is 20.0 Å². The van der Waals surface area contributed by atoms with Gasteiger partial charge >= 0.3 is 0 Å². The molecule has 26 heavy (non-hydrogen) atoms. The van der Waals surface area contributed by atoms with E-state index in [1.165, 1.54) is 0 Å². The minimum Gasteiger partial charge on any atom is -0.356 e. The highest BCUT2D eigenvalue weighted by molar-refractivity contribution is 5.57. The van der Waals surface area contributed by atoms with Crippen molar-refractivity contribution in [2.45, 2.75) is 25.8 Å². The molecule has 3 aromatic rings. The maximum absolute atomic E-state index is 12.4. The Balaban J connectivity index is 1.53. The predicted octanol–water partition coefficient (Wildman–Crippen LogP) is 2.85. The van der Waals surface area contributed by atoms with Gasteiger partial charge in [-0.3, -0.25) is 4.79 Å². The van der Waals surface area contributed by atoms with Crippen molar-refractivity contribution in [3.05, 3.63) is 70.9 Å². The lowest BCUT2D eigenvalue weighted by molar-refractivity contribution is 0.353. The van der Waals surface area contributed by atoms with Crippen LogP contribution in [0.2, 0.25) is 0 Å². The van der Waals surface area contributed by atoms with Crippen molar-refractivity contribution in [1.29, 1.82) is 0 Å². The second-order valence-electron chi connectivity index (χ2n) is 6.55. The molecule has 2 aromatic heterocycles. The van der Waals surface area contributed by atoms with Crippen LogP contribution in [-0.4, -0.2) is 32.8 Å². The van der Waals surface area contributed by atoms with Crippen LogP contribution in [0.3, 0.4) is 0 Å². The number of piperidine rings is 1. The van der Waals surface area contributed by atoms with Gasteiger partial charge in [-0.1, -0.05) is 30.3 Å². The topological polar surface area (TPSA) is 63.9 Å². The average Bonchev–Trinajstić information content (AvgIpc) is 2.69. The van der Waals surface area contributed by atoms with Gasteiger partial charge in [-0.05, 0) is 31.9 Å². The van der Waals surface area contributed by atoms with Crippen LogP contribution in [0.1, 0.15) is 24.7 Å². The number of nitrogens with zero attached hydrogens (tertiary/aromatic N) is 5. The summed E-state index contributed by atoms with van der Waals surface area (Å²) in [6, 6.07) is 15.4. The standard InChI is InChI=1S/C20H21N5O/c1-15-21-12-9-19(22-15)24-13-10-17(11-14-24)25-20(26)8-7-18(23-25)16-5-3-2-4-6-16/h2-9,12,17H,10-11,13-14H2,1H3. The number of anilines is 1. The minimum atomic E-state index is -0.0407. The summed E-state index contributed by atoms with van der Waals surface area (Å²) in [5.74, 6) is 1.73. The van der Waals surface area contributed by atoms with E-state index in [0.29, 0.717) is 0 Å². The van der Waals surface area contributed by atoms with E-state index in [-0.39, 0.29) is 11.6 Å². The third-order valence-corrected chi connectivity index (χ3v) is 4.79. The van der Waals surface area contributed by atoms with Crippen LogP contribution in [-0.2, 0) is 0 Å². The second kappa shape index (κ2) is 7.07. The molecule has 0 bridgehead atoms. The third-order valence-electron chi connectivity index (χ3n) is 4.79. The van der Waals surface area contributed by atoms with Gasteiger partial charge in [0.1, 0.15) is 11.6 Å². The lowest BCUT2D eigenvalue weighted by Crippen LogP contribution is -2.38. The van der Waals surface area contributed by atoms with Crippen LogP contribution in [0.15, 0.2) is 59.5 Å². The first-order valence-corrected chi connectivity index (χ1v) is 8.90. The summed E-state index contributed by atoms with van der Waals surface area (Å²) in [7, 11) is 0. The molecule has 1 aromatic carbocycles. The van der Waals surface area contributed by atoms with Gasteiger partial charge in [0.15, 0.2) is 0 Å². The Labute approximate surface area is 152 Å². The number of benzene rings is 1. The minimum absolute atomic E-state index is 0.0407. The van der Waals surface area contributed by atoms with Gasteiger partial charge in [-0.2, -0.15) is 5.10 Å². The Morgan fingerprint density at radius 1 is 1.00 bits per heavy atom. The number of hydrogen-bond donors (Lipinski definition) is 0. The molecule has 0 N–H and O–H groups in total. The molecule has 0 spiro atoms. The van der Waals surface area contributed by atoms with Gasteiger partial charge in [0.25, 0.3) is 5.56 Å². The average molecular weight is 347 g/mol. The van der Waals surface area contributed by atoms with Crippen LogP contribution < -0.4 is 10.5 Å². The van der Waals surface area contributed by atoms with Gasteiger partial charge in [0, 0.05) is 30.9 Å². The van der Waals surface area contributed by atoms with Crippen molar-refractivity contribution >= 4 is 5.82 Å². The zero-order valence-corrected chi connectivity index (χ0v) is 14.7. The molecule has 4 rings (SSSR count). The van der Waals surface area contributed by atoms with Crippen molar-refractivity contribution in [2.75, 3.05) is 18.0 Å². The van der Waals surface area contributed by atoms with Gasteiger partial charge < -0.3 is 4.90 Å². The van der Waals surface area contributed by atoms with Gasteiger partial charge in [-0.15, -0.1) is 0 Å². The Morgan fingerprint density at radius 2 is 1.77 bits per heavy atom. The normalized spacial score (nSPS) is 15.2. The van der Waals surface area contributed by atoms with Crippen molar-refractivity contribution in [3.8, 4) is 11.3 Å². The summed E-state index contributed by atoms with van der Waals surface area (Å²) in [5.41, 5.74) is 1.82. The first kappa shape index (κ1) is 16.4. The van der Waals surface area contributed by atoms with Crippen molar-refractivity contribution in [1.82, 2.24) is 19.7 Å². The highest BCUT2D eigenvalue weighted by atomic mass is 16.1. The molecule has 3 heterocycles. The highest BCUT2D eigenvalue weighted by Gasteiger charge is 2.23. The van der Waals surface area contributed by atoms with E-state index in [0.717, 1.165) is 48.8 Å². The SMILES string of the molecule is Cc1nccc(N2CCC(n3nc(-c4ccccc4)ccc3=O)CC2)n1. The van der Waals surface area contributed by atoms with Crippen LogP contribution in [0.5, 0.6) is 0 Å². The van der Waals surface area contributed by atoms with Crippen LogP contribution in [0, 0.1) is 6.92 Å². The summed E-state index contributed by atoms with van der Waals surface area (Å²) in [6.45, 7) is 3.60. The molecule has 1 aliphatic rings. The zero-order valence-electron chi connectivity index (χ0n) is 14.7. The molecule has 0 unspecified atom stereocenters. The summed E-state index contributed by atoms with van der Waals surface area (Å²) in [6.07, 6.45) is 3.53. The van der Waals surface area contributed by atoms with Gasteiger partial charge in [0.2, 0.25) is 0 Å². The van der Waals surface area contributed by atoms with E-state index in [9.17, 15) is 4.79 Å². The molecule has 1 aliphatic heterocycles. The number of aryl methyl sites for hydroxylation is 1. The van der Waals surface area contributed by atoms with E-state index >= 15 is 0 Å². The van der Waals surface area contributed by atoms with E-state index in [1.54, 1.807) is 23.0 Å². The van der Waals surface area contributed by atoms with Crippen LogP contribution in [0.25, 0.3) is 11.3 Å². The summed E-state index contributed by atoms with van der Waals surface area (Å²) in [4.78, 5) is 23.3. The fraction of sp³-hybridized carbons (Fsp3) is 0.300. The summed E-state index contributed by atoms with van der Waals surface area (Å²) in [5, 5.41) is 4.64. The Kier molecular flexibility index (Phi) is 4.48. The molecule has 1 saturated heterocycles. The molecule has 0 atom stereocenters. The smallest absolute Gasteiger partial charge is 0.267 e. The Bertz CT molecular complexity index is 946. The van der Waals surface area contributed by atoms with Crippen LogP contribution in [0.4, 0.5) is 5.82 Å². The molecular formula is C20H21N5O. The number of hydrogen-bond acceptors (Lipinski definition) is 5. The lowest BCUT2D eigenvalue weighted by Gasteiger charge is -2.33. The Morgan fingerprint density at radius 3 is 2.50 bits per heavy atom. The van der Waals surface area contributed by atoms with Crippen molar-refractivity contribution < 1.29 is 0 Å². The van der Waals surface area contributed by atoms with E-state index < -0.39 is 0 Å². The second-order valence-corrected chi connectivity index (χ2v) is 6.55. The monoisotopic (exact) mass is 347 g/mol. The molecule has 0 amide bonds. The fourth-order valence-corrected chi connectivity index (χ4v) is 3.41. The molecule has 0 aliphatic carbocycles. The first-order chi connectivity index (χ1) is 12.7. The first-order valence-electron chi connectivity index (χ1n) is 8.90. The zero-order chi connectivity index (χ0) is 17.9. The molecule has 132 valence electrons. The molecule has 0 radical (unpaired) electrons. The summed E-state index contributed by atoms with van der Waals surface area (Å²) >= 11 is 0. The van der Waals surface area contributed by atoms with E-state index in [4.69, 9.17) is 0 Å². The van der Waals surface area contributed by atoms with Crippen molar-refractivity contribution in [2.24, 2.45) is 0 Å². The molecule has 0 saturated carbocycles. The maximum Gasteiger partial charge on any atom is 0.267 e. The van der Waals surface area contributed by atoms with Crippen LogP contribution >= 0.6 is 0 Å². The lowest BCUT2D eigenvalue weighted by atomic mass is 10.1.